The summed E-state index contributed by atoms with van der Waals surface area (Å²) in [6.45, 7) is 9.72. The monoisotopic (exact) mass is 244 g/mol. The Kier molecular flexibility index (Phi) is 3.49. The van der Waals surface area contributed by atoms with Crippen LogP contribution in [0.2, 0.25) is 0 Å². The molecule has 0 aliphatic heterocycles. The van der Waals surface area contributed by atoms with Gasteiger partial charge in [-0.25, -0.2) is 0 Å². The van der Waals surface area contributed by atoms with Crippen LogP contribution in [0.3, 0.4) is 0 Å². The fourth-order valence-electron chi connectivity index (χ4n) is 2.38. The summed E-state index contributed by atoms with van der Waals surface area (Å²) in [6.07, 6.45) is 2.08. The molecule has 0 bridgehead atoms. The van der Waals surface area contributed by atoms with Gasteiger partial charge < -0.3 is 10.7 Å². The lowest BCUT2D eigenvalue weighted by atomic mass is 9.86. The van der Waals surface area contributed by atoms with Gasteiger partial charge in [0, 0.05) is 16.6 Å². The summed E-state index contributed by atoms with van der Waals surface area (Å²) in [4.78, 5) is 3.52. The summed E-state index contributed by atoms with van der Waals surface area (Å²) >= 11 is 0. The lowest BCUT2D eigenvalue weighted by Gasteiger charge is -2.18. The molecule has 1 aromatic heterocycles. The minimum Gasteiger partial charge on any atom is -0.358 e. The number of aryl methyl sites for hydroxylation is 2. The third-order valence-corrected chi connectivity index (χ3v) is 3.66. The average Bonchev–Trinajstić information content (AvgIpc) is 2.62. The van der Waals surface area contributed by atoms with E-state index in [-0.39, 0.29) is 5.41 Å². The molecular formula is C16H24N2. The Balaban J connectivity index is 2.47. The Labute approximate surface area is 110 Å². The van der Waals surface area contributed by atoms with Crippen LogP contribution in [0.15, 0.2) is 18.2 Å². The van der Waals surface area contributed by atoms with E-state index < -0.39 is 0 Å². The Morgan fingerprint density at radius 1 is 1.22 bits per heavy atom. The van der Waals surface area contributed by atoms with E-state index in [9.17, 15) is 0 Å². The Morgan fingerprint density at radius 3 is 2.56 bits per heavy atom. The number of hydrogen-bond acceptors (Lipinski definition) is 1. The highest BCUT2D eigenvalue weighted by Crippen LogP contribution is 2.29. The van der Waals surface area contributed by atoms with E-state index in [1.54, 1.807) is 0 Å². The molecule has 0 radical (unpaired) electrons. The zero-order valence-corrected chi connectivity index (χ0v) is 11.9. The van der Waals surface area contributed by atoms with Gasteiger partial charge in [0.1, 0.15) is 0 Å². The molecule has 0 atom stereocenters. The van der Waals surface area contributed by atoms with E-state index in [4.69, 9.17) is 5.73 Å². The number of H-pyrrole nitrogens is 1. The molecule has 1 aromatic carbocycles. The molecular weight excluding hydrogens is 220 g/mol. The van der Waals surface area contributed by atoms with Crippen LogP contribution in [0.4, 0.5) is 0 Å². The van der Waals surface area contributed by atoms with Crippen molar-refractivity contribution in [2.75, 3.05) is 6.54 Å². The SMILES string of the molecule is Cc1c(CCCN)[nH]c2ccc(C(C)(C)C)cc12. The number of hydrogen-bond donors (Lipinski definition) is 2. The molecule has 0 fully saturated rings. The fourth-order valence-corrected chi connectivity index (χ4v) is 2.38. The van der Waals surface area contributed by atoms with Gasteiger partial charge in [-0.3, -0.25) is 0 Å². The lowest BCUT2D eigenvalue weighted by Crippen LogP contribution is -2.10. The van der Waals surface area contributed by atoms with Gasteiger partial charge >= 0.3 is 0 Å². The Bertz CT molecular complexity index is 544. The highest BCUT2D eigenvalue weighted by Gasteiger charge is 2.15. The van der Waals surface area contributed by atoms with E-state index in [0.29, 0.717) is 0 Å². The Morgan fingerprint density at radius 2 is 1.94 bits per heavy atom. The molecule has 2 nitrogen and oxygen atoms in total. The maximum Gasteiger partial charge on any atom is 0.0459 e. The molecule has 0 aliphatic rings. The van der Waals surface area contributed by atoms with Crippen LogP contribution in [-0.4, -0.2) is 11.5 Å². The van der Waals surface area contributed by atoms with Crippen molar-refractivity contribution in [3.05, 3.63) is 35.0 Å². The summed E-state index contributed by atoms with van der Waals surface area (Å²) in [7, 11) is 0. The first-order chi connectivity index (χ1) is 8.43. The van der Waals surface area contributed by atoms with Gasteiger partial charge in [-0.05, 0) is 55.0 Å². The van der Waals surface area contributed by atoms with Gasteiger partial charge in [0.25, 0.3) is 0 Å². The molecule has 0 amide bonds. The second-order valence-electron chi connectivity index (χ2n) is 6.13. The smallest absolute Gasteiger partial charge is 0.0459 e. The van der Waals surface area contributed by atoms with Crippen LogP contribution in [0.25, 0.3) is 10.9 Å². The maximum atomic E-state index is 5.59. The van der Waals surface area contributed by atoms with E-state index in [2.05, 4.69) is 50.9 Å². The molecule has 2 rings (SSSR count). The fraction of sp³-hybridized carbons (Fsp3) is 0.500. The molecule has 0 saturated carbocycles. The minimum atomic E-state index is 0.204. The first-order valence-corrected chi connectivity index (χ1v) is 6.75. The summed E-state index contributed by atoms with van der Waals surface area (Å²) in [6, 6.07) is 6.76. The predicted octanol–water partition coefficient (Wildman–Crippen LogP) is 3.67. The van der Waals surface area contributed by atoms with Gasteiger partial charge in [0.05, 0.1) is 0 Å². The number of nitrogens with one attached hydrogen (secondary N) is 1. The highest BCUT2D eigenvalue weighted by atomic mass is 14.7. The number of aromatic amines is 1. The Hall–Kier alpha value is -1.28. The highest BCUT2D eigenvalue weighted by molar-refractivity contribution is 5.85. The van der Waals surface area contributed by atoms with Crippen LogP contribution < -0.4 is 5.73 Å². The summed E-state index contributed by atoms with van der Waals surface area (Å²) in [5.41, 5.74) is 11.1. The molecule has 0 aliphatic carbocycles. The second kappa shape index (κ2) is 4.77. The molecule has 1 heterocycles. The molecule has 0 spiro atoms. The average molecular weight is 244 g/mol. The van der Waals surface area contributed by atoms with Crippen molar-refractivity contribution in [1.82, 2.24) is 4.98 Å². The molecule has 0 unspecified atom stereocenters. The van der Waals surface area contributed by atoms with E-state index in [0.717, 1.165) is 19.4 Å². The van der Waals surface area contributed by atoms with Gasteiger partial charge in [0.15, 0.2) is 0 Å². The normalized spacial score (nSPS) is 12.3. The van der Waals surface area contributed by atoms with Crippen molar-refractivity contribution in [3.63, 3.8) is 0 Å². The van der Waals surface area contributed by atoms with Crippen LogP contribution in [-0.2, 0) is 11.8 Å². The third kappa shape index (κ3) is 2.44. The zero-order chi connectivity index (χ0) is 13.3. The summed E-state index contributed by atoms with van der Waals surface area (Å²) in [5, 5.41) is 1.36. The van der Waals surface area contributed by atoms with Crippen LogP contribution in [0, 0.1) is 6.92 Å². The van der Waals surface area contributed by atoms with Crippen LogP contribution in [0.1, 0.15) is 44.0 Å². The van der Waals surface area contributed by atoms with Crippen molar-refractivity contribution in [1.29, 1.82) is 0 Å². The molecule has 98 valence electrons. The van der Waals surface area contributed by atoms with Crippen molar-refractivity contribution >= 4 is 10.9 Å². The standard InChI is InChI=1S/C16H24N2/c1-11-13-10-12(16(2,3)4)7-8-15(13)18-14(11)6-5-9-17/h7-8,10,18H,5-6,9,17H2,1-4H3. The van der Waals surface area contributed by atoms with Gasteiger partial charge in [0.2, 0.25) is 0 Å². The minimum absolute atomic E-state index is 0.204. The molecule has 18 heavy (non-hydrogen) atoms. The van der Waals surface area contributed by atoms with Gasteiger partial charge in [-0.2, -0.15) is 0 Å². The van der Waals surface area contributed by atoms with E-state index in [1.165, 1.54) is 27.7 Å². The molecule has 2 aromatic rings. The number of aromatic nitrogens is 1. The van der Waals surface area contributed by atoms with Crippen molar-refractivity contribution in [2.24, 2.45) is 5.73 Å². The topological polar surface area (TPSA) is 41.8 Å². The lowest BCUT2D eigenvalue weighted by molar-refractivity contribution is 0.591. The molecule has 3 N–H and O–H groups in total. The number of rotatable bonds is 3. The van der Waals surface area contributed by atoms with E-state index in [1.807, 2.05) is 0 Å². The second-order valence-corrected chi connectivity index (χ2v) is 6.13. The zero-order valence-electron chi connectivity index (χ0n) is 11.9. The number of nitrogens with two attached hydrogens (primary N) is 1. The number of fused-ring (bicyclic) bond motifs is 1. The van der Waals surface area contributed by atoms with Gasteiger partial charge in [-0.1, -0.05) is 26.8 Å². The maximum absolute atomic E-state index is 5.59. The molecule has 0 saturated heterocycles. The van der Waals surface area contributed by atoms with Crippen molar-refractivity contribution < 1.29 is 0 Å². The number of benzene rings is 1. The summed E-state index contributed by atoms with van der Waals surface area (Å²) < 4.78 is 0. The van der Waals surface area contributed by atoms with Crippen LogP contribution in [0.5, 0.6) is 0 Å². The predicted molar refractivity (Wildman–Crippen MR) is 79.1 cm³/mol. The first kappa shape index (κ1) is 13.2. The van der Waals surface area contributed by atoms with Gasteiger partial charge in [-0.15, -0.1) is 0 Å². The summed E-state index contributed by atoms with van der Waals surface area (Å²) in [5.74, 6) is 0. The third-order valence-electron chi connectivity index (χ3n) is 3.66. The quantitative estimate of drug-likeness (QED) is 0.850. The molecule has 2 heteroatoms. The van der Waals surface area contributed by atoms with Crippen molar-refractivity contribution in [2.45, 2.75) is 46.0 Å². The van der Waals surface area contributed by atoms with Crippen molar-refractivity contribution in [3.8, 4) is 0 Å². The first-order valence-electron chi connectivity index (χ1n) is 6.75. The van der Waals surface area contributed by atoms with Crippen LogP contribution >= 0.6 is 0 Å². The van der Waals surface area contributed by atoms with E-state index >= 15 is 0 Å². The largest absolute Gasteiger partial charge is 0.358 e.